The van der Waals surface area contributed by atoms with Gasteiger partial charge in [-0.15, -0.1) is 0 Å². The summed E-state index contributed by atoms with van der Waals surface area (Å²) in [5, 5.41) is 37.1. The Kier molecular flexibility index (Phi) is 3.97. The van der Waals surface area contributed by atoms with Crippen LogP contribution >= 0.6 is 12.2 Å². The van der Waals surface area contributed by atoms with Crippen molar-refractivity contribution < 1.29 is 24.8 Å². The van der Waals surface area contributed by atoms with E-state index in [1.54, 1.807) is 0 Å². The Morgan fingerprint density at radius 2 is 1.79 bits per heavy atom. The fraction of sp³-hybridized carbons (Fsp3) is 0.333. The first-order valence-electron chi connectivity index (χ1n) is 5.44. The zero-order valence-electron chi connectivity index (χ0n) is 9.63. The van der Waals surface area contributed by atoms with Crippen LogP contribution < -0.4 is 4.74 Å². The minimum absolute atomic E-state index is 0.239. The molecule has 1 saturated heterocycles. The van der Waals surface area contributed by atoms with E-state index in [4.69, 9.17) is 27.0 Å². The van der Waals surface area contributed by atoms with Crippen molar-refractivity contribution in [2.75, 3.05) is 0 Å². The van der Waals surface area contributed by atoms with E-state index in [9.17, 15) is 15.3 Å². The predicted octanol–water partition coefficient (Wildman–Crippen LogP) is -0.297. The number of nitriles is 1. The summed E-state index contributed by atoms with van der Waals surface area (Å²) < 4.78 is 10.3. The summed E-state index contributed by atoms with van der Waals surface area (Å²) in [6.45, 7) is 0. The summed E-state index contributed by atoms with van der Waals surface area (Å²) >= 11 is 4.72. The van der Waals surface area contributed by atoms with Crippen LogP contribution in [0.5, 0.6) is 5.75 Å². The molecule has 7 heteroatoms. The molecular weight excluding hydrogens is 270 g/mol. The highest BCUT2D eigenvalue weighted by atomic mass is 32.1. The van der Waals surface area contributed by atoms with Crippen molar-refractivity contribution in [3.05, 3.63) is 29.8 Å². The van der Waals surface area contributed by atoms with Crippen molar-refractivity contribution in [1.29, 1.82) is 5.26 Å². The average Bonchev–Trinajstić information content (AvgIpc) is 2.43. The zero-order valence-corrected chi connectivity index (χ0v) is 10.4. The van der Waals surface area contributed by atoms with Gasteiger partial charge in [0.25, 0.3) is 6.29 Å². The molecule has 4 atom stereocenters. The van der Waals surface area contributed by atoms with Crippen molar-refractivity contribution in [2.45, 2.75) is 24.6 Å². The molecule has 3 N–H and O–H groups in total. The molecule has 100 valence electrons. The highest BCUT2D eigenvalue weighted by Gasteiger charge is 2.42. The van der Waals surface area contributed by atoms with E-state index in [1.165, 1.54) is 24.3 Å². The molecule has 0 spiro atoms. The van der Waals surface area contributed by atoms with Crippen LogP contribution in [0.15, 0.2) is 24.3 Å². The van der Waals surface area contributed by atoms with E-state index in [0.29, 0.717) is 11.3 Å². The Hall–Kier alpha value is -1.72. The van der Waals surface area contributed by atoms with E-state index in [2.05, 4.69) is 0 Å². The maximum Gasteiger partial charge on any atom is 0.270 e. The van der Waals surface area contributed by atoms with Crippen LogP contribution in [0.3, 0.4) is 0 Å². The molecule has 0 saturated carbocycles. The van der Waals surface area contributed by atoms with Crippen LogP contribution in [-0.2, 0) is 4.74 Å². The minimum Gasteiger partial charge on any atom is -0.452 e. The molecule has 2 rings (SSSR count). The first kappa shape index (κ1) is 13.7. The number of nitrogens with zero attached hydrogens (tertiary/aromatic N) is 1. The van der Waals surface area contributed by atoms with Gasteiger partial charge >= 0.3 is 0 Å². The van der Waals surface area contributed by atoms with E-state index >= 15 is 0 Å². The summed E-state index contributed by atoms with van der Waals surface area (Å²) in [5.74, 6) is 0.342. The lowest BCUT2D eigenvalue weighted by Crippen LogP contribution is -2.56. The van der Waals surface area contributed by atoms with Gasteiger partial charge in [0.2, 0.25) is 0 Å². The van der Waals surface area contributed by atoms with Crippen LogP contribution in [0.4, 0.5) is 0 Å². The van der Waals surface area contributed by atoms with Gasteiger partial charge < -0.3 is 24.8 Å². The Morgan fingerprint density at radius 3 is 2.37 bits per heavy atom. The van der Waals surface area contributed by atoms with Gasteiger partial charge in [0.1, 0.15) is 11.9 Å². The van der Waals surface area contributed by atoms with Gasteiger partial charge in [-0.25, -0.2) is 0 Å². The molecule has 1 aliphatic rings. The smallest absolute Gasteiger partial charge is 0.270 e. The Labute approximate surface area is 114 Å². The standard InChI is InChI=1S/C12H11NO5S/c13-5-6-1-3-7(4-2-6)17-11-9(15)8(14)10(16)12(19)18-11/h1-4,8-11,14-16H/t8-,9-,10+,11-/m0/s1. The summed E-state index contributed by atoms with van der Waals surface area (Å²) in [6, 6.07) is 8.07. The fourth-order valence-corrected chi connectivity index (χ4v) is 1.81. The summed E-state index contributed by atoms with van der Waals surface area (Å²) in [5.41, 5.74) is 0.462. The quantitative estimate of drug-likeness (QED) is 0.640. The lowest BCUT2D eigenvalue weighted by atomic mass is 10.1. The molecule has 0 radical (unpaired) electrons. The van der Waals surface area contributed by atoms with Crippen LogP contribution in [0, 0.1) is 11.3 Å². The maximum absolute atomic E-state index is 9.72. The lowest BCUT2D eigenvalue weighted by Gasteiger charge is -2.35. The van der Waals surface area contributed by atoms with Crippen LogP contribution in [0.2, 0.25) is 0 Å². The minimum atomic E-state index is -1.47. The molecule has 0 aliphatic carbocycles. The molecule has 6 nitrogen and oxygen atoms in total. The van der Waals surface area contributed by atoms with Gasteiger partial charge in [0, 0.05) is 0 Å². The van der Waals surface area contributed by atoms with Gasteiger partial charge in [0.15, 0.2) is 17.3 Å². The predicted molar refractivity (Wildman–Crippen MR) is 67.3 cm³/mol. The second-order valence-corrected chi connectivity index (χ2v) is 4.39. The number of aliphatic hydroxyl groups excluding tert-OH is 3. The van der Waals surface area contributed by atoms with Gasteiger partial charge in [0.05, 0.1) is 11.6 Å². The summed E-state index contributed by atoms with van der Waals surface area (Å²) in [7, 11) is 0. The Morgan fingerprint density at radius 1 is 1.16 bits per heavy atom. The third-order valence-electron chi connectivity index (χ3n) is 2.66. The number of hydrogen-bond acceptors (Lipinski definition) is 7. The number of aliphatic hydroxyl groups is 3. The number of rotatable bonds is 2. The van der Waals surface area contributed by atoms with E-state index in [1.807, 2.05) is 6.07 Å². The lowest BCUT2D eigenvalue weighted by molar-refractivity contribution is -0.177. The zero-order chi connectivity index (χ0) is 14.0. The molecule has 19 heavy (non-hydrogen) atoms. The Bertz CT molecular complexity index is 512. The second kappa shape index (κ2) is 5.50. The molecule has 1 fully saturated rings. The first-order valence-corrected chi connectivity index (χ1v) is 5.85. The van der Waals surface area contributed by atoms with Crippen molar-refractivity contribution >= 4 is 17.3 Å². The van der Waals surface area contributed by atoms with Gasteiger partial charge in [-0.2, -0.15) is 5.26 Å². The molecule has 0 amide bonds. The highest BCUT2D eigenvalue weighted by Crippen LogP contribution is 2.22. The largest absolute Gasteiger partial charge is 0.452 e. The fourth-order valence-electron chi connectivity index (χ4n) is 1.58. The van der Waals surface area contributed by atoms with Gasteiger partial charge in [-0.1, -0.05) is 0 Å². The maximum atomic E-state index is 9.72. The molecule has 0 unspecified atom stereocenters. The number of thiocarbonyl (C=S) groups is 1. The van der Waals surface area contributed by atoms with Gasteiger partial charge in [-0.05, 0) is 36.5 Å². The second-order valence-electron chi connectivity index (χ2n) is 3.99. The highest BCUT2D eigenvalue weighted by molar-refractivity contribution is 7.80. The van der Waals surface area contributed by atoms with Gasteiger partial charge in [-0.3, -0.25) is 0 Å². The third-order valence-corrected chi connectivity index (χ3v) is 3.00. The van der Waals surface area contributed by atoms with E-state index < -0.39 is 24.6 Å². The molecular formula is C12H11NO5S. The summed E-state index contributed by atoms with van der Waals surface area (Å²) in [6.07, 6.45) is -5.54. The summed E-state index contributed by atoms with van der Waals surface area (Å²) in [4.78, 5) is 0. The monoisotopic (exact) mass is 281 g/mol. The Balaban J connectivity index is 2.09. The molecule has 1 heterocycles. The molecule has 1 aromatic rings. The molecule has 0 aromatic heterocycles. The van der Waals surface area contributed by atoms with Crippen LogP contribution in [0.1, 0.15) is 5.56 Å². The van der Waals surface area contributed by atoms with Crippen molar-refractivity contribution in [3.63, 3.8) is 0 Å². The SMILES string of the molecule is N#Cc1ccc(O[C@H]2OC(=S)[C@H](O)[C@@H](O)[C@@H]2O)cc1. The molecule has 0 bridgehead atoms. The molecule has 1 aliphatic heterocycles. The van der Waals surface area contributed by atoms with E-state index in [-0.39, 0.29) is 5.05 Å². The van der Waals surface area contributed by atoms with Crippen LogP contribution in [-0.4, -0.2) is 45.0 Å². The van der Waals surface area contributed by atoms with Crippen molar-refractivity contribution in [3.8, 4) is 11.8 Å². The normalized spacial score (nSPS) is 30.3. The molecule has 1 aromatic carbocycles. The number of ether oxygens (including phenoxy) is 2. The first-order chi connectivity index (χ1) is 9.02. The average molecular weight is 281 g/mol. The van der Waals surface area contributed by atoms with Crippen molar-refractivity contribution in [1.82, 2.24) is 0 Å². The third kappa shape index (κ3) is 2.83. The number of hydrogen-bond donors (Lipinski definition) is 3. The van der Waals surface area contributed by atoms with E-state index in [0.717, 1.165) is 0 Å². The van der Waals surface area contributed by atoms with Crippen molar-refractivity contribution in [2.24, 2.45) is 0 Å². The number of benzene rings is 1. The topological polar surface area (TPSA) is 103 Å². The van der Waals surface area contributed by atoms with Crippen LogP contribution in [0.25, 0.3) is 0 Å².